The van der Waals surface area contributed by atoms with E-state index in [0.29, 0.717) is 13.0 Å². The van der Waals surface area contributed by atoms with E-state index in [9.17, 15) is 9.18 Å². The van der Waals surface area contributed by atoms with Crippen molar-refractivity contribution in [2.24, 2.45) is 0 Å². The Balaban J connectivity index is 1.83. The van der Waals surface area contributed by atoms with Gasteiger partial charge in [0.25, 0.3) is 0 Å². The van der Waals surface area contributed by atoms with E-state index in [1.165, 1.54) is 17.6 Å². The number of carbonyl (C=O) groups is 1. The minimum Gasteiger partial charge on any atom is -0.336 e. The molecule has 26 heavy (non-hydrogen) atoms. The topological polar surface area (TPSA) is 20.3 Å². The summed E-state index contributed by atoms with van der Waals surface area (Å²) in [7, 11) is 2.06. The first-order valence-corrected chi connectivity index (χ1v) is 9.18. The lowest BCUT2D eigenvalue weighted by Gasteiger charge is -2.43. The zero-order valence-corrected chi connectivity index (χ0v) is 15.5. The molecule has 0 unspecified atom stereocenters. The smallest absolute Gasteiger partial charge is 0.223 e. The Morgan fingerprint density at radius 3 is 2.46 bits per heavy atom. The molecular weight excluding hydrogens is 324 g/mol. The van der Waals surface area contributed by atoms with Gasteiger partial charge < -0.3 is 4.90 Å². The molecule has 4 heteroatoms. The number of likely N-dealkylation sites (tertiary alicyclic amines) is 1. The first-order chi connectivity index (χ1) is 12.4. The van der Waals surface area contributed by atoms with Crippen molar-refractivity contribution in [1.29, 1.82) is 0 Å². The van der Waals surface area contributed by atoms with Crippen molar-refractivity contribution in [3.8, 4) is 0 Å². The second-order valence-corrected chi connectivity index (χ2v) is 7.38. The fourth-order valence-corrected chi connectivity index (χ4v) is 3.99. The van der Waals surface area contributed by atoms with Gasteiger partial charge in [0.1, 0.15) is 13.7 Å². The fourth-order valence-electron chi connectivity index (χ4n) is 3.99. The summed E-state index contributed by atoms with van der Waals surface area (Å²) in [6.45, 7) is 6.66. The molecular formula is C22H25BFNO. The average molecular weight is 349 g/mol. The number of allylic oxidation sites excluding steroid dienone is 1. The highest BCUT2D eigenvalue weighted by Gasteiger charge is 2.40. The van der Waals surface area contributed by atoms with Crippen LogP contribution in [-0.2, 0) is 10.2 Å². The van der Waals surface area contributed by atoms with Gasteiger partial charge in [-0.2, -0.15) is 0 Å². The van der Waals surface area contributed by atoms with Gasteiger partial charge in [-0.3, -0.25) is 4.79 Å². The van der Waals surface area contributed by atoms with Gasteiger partial charge in [-0.15, -0.1) is 6.58 Å². The Bertz CT molecular complexity index is 787. The summed E-state index contributed by atoms with van der Waals surface area (Å²) >= 11 is 0. The lowest BCUT2D eigenvalue weighted by molar-refractivity contribution is -0.138. The predicted octanol–water partition coefficient (Wildman–Crippen LogP) is 3.28. The number of carbonyl (C=O) groups excluding carboxylic acids is 1. The van der Waals surface area contributed by atoms with E-state index in [-0.39, 0.29) is 23.2 Å². The van der Waals surface area contributed by atoms with Crippen molar-refractivity contribution in [3.63, 3.8) is 0 Å². The molecule has 0 aromatic heterocycles. The van der Waals surface area contributed by atoms with Crippen LogP contribution in [-0.4, -0.2) is 25.2 Å². The summed E-state index contributed by atoms with van der Waals surface area (Å²) in [6.07, 6.45) is 3.88. The third-order valence-electron chi connectivity index (χ3n) is 5.66. The molecule has 3 rings (SSSR count). The maximum atomic E-state index is 13.3. The monoisotopic (exact) mass is 349 g/mol. The van der Waals surface area contributed by atoms with E-state index in [1.807, 2.05) is 23.1 Å². The Labute approximate surface area is 156 Å². The second kappa shape index (κ2) is 7.49. The van der Waals surface area contributed by atoms with E-state index in [1.54, 1.807) is 0 Å². The molecule has 2 aromatic carbocycles. The molecule has 1 aliphatic heterocycles. The van der Waals surface area contributed by atoms with Gasteiger partial charge in [0, 0.05) is 18.4 Å². The molecule has 0 bridgehead atoms. The summed E-state index contributed by atoms with van der Waals surface area (Å²) < 4.78 is 13.3. The number of hydrogen-bond donors (Lipinski definition) is 0. The Hall–Kier alpha value is -2.36. The lowest BCUT2D eigenvalue weighted by Crippen LogP contribution is -2.47. The highest BCUT2D eigenvalue weighted by atomic mass is 19.1. The van der Waals surface area contributed by atoms with Crippen LogP contribution in [0.25, 0.3) is 0 Å². The number of halogens is 1. The molecule has 0 saturated carbocycles. The molecule has 2 aromatic rings. The molecule has 134 valence electrons. The van der Waals surface area contributed by atoms with Crippen LogP contribution in [0, 0.1) is 5.82 Å². The molecule has 0 N–H and O–H groups in total. The molecule has 1 saturated heterocycles. The van der Waals surface area contributed by atoms with Crippen LogP contribution in [0.15, 0.2) is 61.2 Å². The average Bonchev–Trinajstić information content (AvgIpc) is 2.63. The Morgan fingerprint density at radius 1 is 1.23 bits per heavy atom. The van der Waals surface area contributed by atoms with Gasteiger partial charge in [0.2, 0.25) is 5.91 Å². The summed E-state index contributed by atoms with van der Waals surface area (Å²) in [4.78, 5) is 15.0. The lowest BCUT2D eigenvalue weighted by atomic mass is 9.70. The van der Waals surface area contributed by atoms with E-state index in [2.05, 4.69) is 45.6 Å². The van der Waals surface area contributed by atoms with Gasteiger partial charge >= 0.3 is 0 Å². The Kier molecular flexibility index (Phi) is 5.31. The number of piperidine rings is 1. The highest BCUT2D eigenvalue weighted by Crippen LogP contribution is 2.41. The third-order valence-corrected chi connectivity index (χ3v) is 5.66. The summed E-state index contributed by atoms with van der Waals surface area (Å²) in [6, 6.07) is 15.0. The van der Waals surface area contributed by atoms with Crippen LogP contribution in [0.1, 0.15) is 43.4 Å². The van der Waals surface area contributed by atoms with E-state index in [4.69, 9.17) is 0 Å². The van der Waals surface area contributed by atoms with Crippen molar-refractivity contribution in [1.82, 2.24) is 4.90 Å². The normalized spacial score (nSPS) is 21.5. The quantitative estimate of drug-likeness (QED) is 0.599. The zero-order valence-electron chi connectivity index (χ0n) is 15.5. The molecule has 0 radical (unpaired) electrons. The molecule has 1 heterocycles. The minimum atomic E-state index is -0.282. The van der Waals surface area contributed by atoms with Crippen LogP contribution in [0.5, 0.6) is 0 Å². The van der Waals surface area contributed by atoms with Crippen molar-refractivity contribution in [2.45, 2.75) is 37.6 Å². The third kappa shape index (κ3) is 3.60. The van der Waals surface area contributed by atoms with Crippen molar-refractivity contribution in [2.75, 3.05) is 6.54 Å². The molecule has 1 amide bonds. The summed E-state index contributed by atoms with van der Waals surface area (Å²) in [5, 5.41) is 0. The highest BCUT2D eigenvalue weighted by molar-refractivity contribution is 6.32. The fraction of sp³-hybridized carbons (Fsp3) is 0.318. The summed E-state index contributed by atoms with van der Waals surface area (Å²) in [5.74, 6) is -0.102. The number of hydrogen-bond acceptors (Lipinski definition) is 1. The van der Waals surface area contributed by atoms with Gasteiger partial charge in [0.15, 0.2) is 0 Å². The molecule has 0 aliphatic carbocycles. The van der Waals surface area contributed by atoms with Crippen LogP contribution >= 0.6 is 0 Å². The summed E-state index contributed by atoms with van der Waals surface area (Å²) in [5.41, 5.74) is 3.11. The standard InChI is InChI=1S/C22H25BFNO/c1-3-12-22(18-6-10-20(24)11-7-18)13-14-25(21(26)15-22)16(2)17-4-8-19(23)9-5-17/h3-11,16H,1,12-15,23H2,2H3/t16-,22+/m0/s1. The van der Waals surface area contributed by atoms with Crippen LogP contribution in [0.3, 0.4) is 0 Å². The van der Waals surface area contributed by atoms with Crippen LogP contribution < -0.4 is 5.46 Å². The molecule has 1 fully saturated rings. The largest absolute Gasteiger partial charge is 0.336 e. The van der Waals surface area contributed by atoms with Crippen molar-refractivity contribution >= 4 is 19.2 Å². The van der Waals surface area contributed by atoms with Crippen LogP contribution in [0.4, 0.5) is 4.39 Å². The van der Waals surface area contributed by atoms with Gasteiger partial charge in [-0.1, -0.05) is 47.9 Å². The van der Waals surface area contributed by atoms with Gasteiger partial charge in [-0.25, -0.2) is 4.39 Å². The van der Waals surface area contributed by atoms with Crippen molar-refractivity contribution in [3.05, 3.63) is 78.1 Å². The van der Waals surface area contributed by atoms with E-state index < -0.39 is 0 Å². The Morgan fingerprint density at radius 2 is 1.88 bits per heavy atom. The number of benzene rings is 2. The number of rotatable bonds is 5. The maximum absolute atomic E-state index is 13.3. The van der Waals surface area contributed by atoms with E-state index >= 15 is 0 Å². The molecule has 2 nitrogen and oxygen atoms in total. The van der Waals surface area contributed by atoms with Crippen LogP contribution in [0.2, 0.25) is 0 Å². The first kappa shape index (κ1) is 18.4. The van der Waals surface area contributed by atoms with Gasteiger partial charge in [-0.05, 0) is 43.0 Å². The first-order valence-electron chi connectivity index (χ1n) is 9.18. The second-order valence-electron chi connectivity index (χ2n) is 7.38. The SMILES string of the molecule is Bc1ccc([C@H](C)N2CC[C@@](CC=C)(c3ccc(F)cc3)CC2=O)cc1. The van der Waals surface area contributed by atoms with Crippen molar-refractivity contribution < 1.29 is 9.18 Å². The maximum Gasteiger partial charge on any atom is 0.223 e. The molecule has 1 aliphatic rings. The van der Waals surface area contributed by atoms with E-state index in [0.717, 1.165) is 24.0 Å². The molecule has 2 atom stereocenters. The molecule has 0 spiro atoms. The van der Waals surface area contributed by atoms with Gasteiger partial charge in [0.05, 0.1) is 6.04 Å². The number of nitrogens with zero attached hydrogens (tertiary/aromatic N) is 1. The zero-order chi connectivity index (χ0) is 18.7. The minimum absolute atomic E-state index is 0.0537. The number of amides is 1. The predicted molar refractivity (Wildman–Crippen MR) is 107 cm³/mol.